The lowest BCUT2D eigenvalue weighted by Crippen LogP contribution is -2.38. The van der Waals surface area contributed by atoms with Crippen LogP contribution in [0.2, 0.25) is 0 Å². The van der Waals surface area contributed by atoms with Gasteiger partial charge in [0.2, 0.25) is 5.91 Å². The van der Waals surface area contributed by atoms with E-state index >= 15 is 0 Å². The lowest BCUT2D eigenvalue weighted by molar-refractivity contribution is -0.128. The summed E-state index contributed by atoms with van der Waals surface area (Å²) in [5.74, 6) is 1.29. The van der Waals surface area contributed by atoms with Crippen LogP contribution in [0.5, 0.6) is 0 Å². The summed E-state index contributed by atoms with van der Waals surface area (Å²) in [6.07, 6.45) is 10.0. The number of rotatable bonds is 3. The van der Waals surface area contributed by atoms with Gasteiger partial charge in [0.25, 0.3) is 0 Å². The van der Waals surface area contributed by atoms with Gasteiger partial charge in [-0.05, 0) is 44.2 Å². The maximum atomic E-state index is 12.2. The highest BCUT2D eigenvalue weighted by molar-refractivity contribution is 5.79. The van der Waals surface area contributed by atoms with Gasteiger partial charge in [-0.15, -0.1) is 0 Å². The Morgan fingerprint density at radius 3 is 2.86 bits per heavy atom. The zero-order chi connectivity index (χ0) is 14.9. The predicted molar refractivity (Wildman–Crippen MR) is 82.5 cm³/mol. The molecule has 1 fully saturated rings. The number of carbonyl (C=O) groups is 1. The molecule has 0 aliphatic heterocycles. The van der Waals surface area contributed by atoms with E-state index in [1.807, 2.05) is 29.1 Å². The number of hydrogen-bond acceptors (Lipinski definition) is 3. The Morgan fingerprint density at radius 2 is 2.14 bits per heavy atom. The fraction of sp³-hybridized carbons (Fsp3) is 0.471. The standard InChI is InChI=1S/C17H20N4O/c22-17(12-5-3-6-12)20-14-7-4-8-15-13(14)11-19-21(15)16-9-1-2-10-18-16/h1-2,9-12,14H,3-8H2,(H,20,22)/t14-/m1/s1. The quantitative estimate of drug-likeness (QED) is 0.947. The molecule has 114 valence electrons. The maximum Gasteiger partial charge on any atom is 0.223 e. The van der Waals surface area contributed by atoms with Crippen LogP contribution in [0.25, 0.3) is 5.82 Å². The summed E-state index contributed by atoms with van der Waals surface area (Å²) in [5.41, 5.74) is 2.34. The average molecular weight is 296 g/mol. The molecule has 2 aromatic rings. The lowest BCUT2D eigenvalue weighted by atomic mass is 9.84. The van der Waals surface area contributed by atoms with Crippen molar-refractivity contribution in [3.8, 4) is 5.82 Å². The van der Waals surface area contributed by atoms with Gasteiger partial charge < -0.3 is 5.32 Å². The first-order valence-corrected chi connectivity index (χ1v) is 8.11. The largest absolute Gasteiger partial charge is 0.349 e. The minimum atomic E-state index is 0.106. The van der Waals surface area contributed by atoms with E-state index in [2.05, 4.69) is 15.4 Å². The fourth-order valence-corrected chi connectivity index (χ4v) is 3.34. The molecule has 2 aliphatic carbocycles. The third-order valence-corrected chi connectivity index (χ3v) is 4.84. The van der Waals surface area contributed by atoms with Gasteiger partial charge in [0.05, 0.1) is 17.9 Å². The first kappa shape index (κ1) is 13.5. The SMILES string of the molecule is O=C(N[C@@H]1CCCc2c1cnn2-c1ccccn1)C1CCC1. The molecule has 2 heterocycles. The van der Waals surface area contributed by atoms with Crippen molar-refractivity contribution >= 4 is 5.91 Å². The molecular weight excluding hydrogens is 276 g/mol. The lowest BCUT2D eigenvalue weighted by Gasteiger charge is -2.29. The fourth-order valence-electron chi connectivity index (χ4n) is 3.34. The van der Waals surface area contributed by atoms with Crippen LogP contribution in [0.4, 0.5) is 0 Å². The van der Waals surface area contributed by atoms with Gasteiger partial charge in [-0.2, -0.15) is 5.10 Å². The Hall–Kier alpha value is -2.17. The van der Waals surface area contributed by atoms with Gasteiger partial charge in [0.1, 0.15) is 0 Å². The van der Waals surface area contributed by atoms with Gasteiger partial charge in [-0.1, -0.05) is 12.5 Å². The summed E-state index contributed by atoms with van der Waals surface area (Å²) in [6, 6.07) is 5.94. The van der Waals surface area contributed by atoms with Crippen molar-refractivity contribution in [1.29, 1.82) is 0 Å². The average Bonchev–Trinajstić information content (AvgIpc) is 2.91. The smallest absolute Gasteiger partial charge is 0.223 e. The number of pyridine rings is 1. The first-order chi connectivity index (χ1) is 10.8. The van der Waals surface area contributed by atoms with Crippen LogP contribution in [0.15, 0.2) is 30.6 Å². The van der Waals surface area contributed by atoms with Gasteiger partial charge >= 0.3 is 0 Å². The van der Waals surface area contributed by atoms with Crippen LogP contribution >= 0.6 is 0 Å². The molecule has 0 aromatic carbocycles. The number of amides is 1. The number of nitrogens with one attached hydrogen (secondary N) is 1. The van der Waals surface area contributed by atoms with E-state index in [0.29, 0.717) is 0 Å². The van der Waals surface area contributed by atoms with Gasteiger partial charge in [-0.3, -0.25) is 4.79 Å². The second-order valence-corrected chi connectivity index (χ2v) is 6.23. The van der Waals surface area contributed by atoms with E-state index in [-0.39, 0.29) is 17.9 Å². The number of hydrogen-bond donors (Lipinski definition) is 1. The molecule has 4 rings (SSSR count). The van der Waals surface area contributed by atoms with E-state index in [0.717, 1.165) is 43.5 Å². The van der Waals surface area contributed by atoms with Gasteiger partial charge in [0, 0.05) is 17.7 Å². The summed E-state index contributed by atoms with van der Waals surface area (Å²) in [7, 11) is 0. The highest BCUT2D eigenvalue weighted by Crippen LogP contribution is 2.32. The molecule has 2 aliphatic rings. The summed E-state index contributed by atoms with van der Waals surface area (Å²) >= 11 is 0. The van der Waals surface area contributed by atoms with Crippen LogP contribution in [0.3, 0.4) is 0 Å². The minimum absolute atomic E-state index is 0.106. The van der Waals surface area contributed by atoms with Crippen molar-refractivity contribution in [2.24, 2.45) is 5.92 Å². The number of nitrogens with zero attached hydrogens (tertiary/aromatic N) is 3. The zero-order valence-electron chi connectivity index (χ0n) is 12.5. The molecule has 22 heavy (non-hydrogen) atoms. The highest BCUT2D eigenvalue weighted by atomic mass is 16.2. The second kappa shape index (κ2) is 5.55. The highest BCUT2D eigenvalue weighted by Gasteiger charge is 2.30. The molecular formula is C17H20N4O. The van der Waals surface area contributed by atoms with E-state index in [1.54, 1.807) is 6.20 Å². The molecule has 0 saturated heterocycles. The number of fused-ring (bicyclic) bond motifs is 1. The Labute approximate surface area is 129 Å². The topological polar surface area (TPSA) is 59.8 Å². The van der Waals surface area contributed by atoms with Crippen molar-refractivity contribution in [3.63, 3.8) is 0 Å². The molecule has 1 saturated carbocycles. The molecule has 2 aromatic heterocycles. The third-order valence-electron chi connectivity index (χ3n) is 4.84. The maximum absolute atomic E-state index is 12.2. The van der Waals surface area contributed by atoms with Crippen molar-refractivity contribution in [2.75, 3.05) is 0 Å². The molecule has 0 radical (unpaired) electrons. The number of aromatic nitrogens is 3. The third kappa shape index (κ3) is 2.30. The van der Waals surface area contributed by atoms with Crippen LogP contribution in [-0.2, 0) is 11.2 Å². The molecule has 0 bridgehead atoms. The van der Waals surface area contributed by atoms with Crippen molar-refractivity contribution < 1.29 is 4.79 Å². The van der Waals surface area contributed by atoms with Crippen molar-refractivity contribution in [3.05, 3.63) is 41.9 Å². The summed E-state index contributed by atoms with van der Waals surface area (Å²) < 4.78 is 1.91. The molecule has 5 heteroatoms. The number of carbonyl (C=O) groups excluding carboxylic acids is 1. The Kier molecular flexibility index (Phi) is 3.41. The first-order valence-electron chi connectivity index (χ1n) is 8.11. The Bertz CT molecular complexity index is 675. The predicted octanol–water partition coefficient (Wildman–Crippen LogP) is 2.56. The molecule has 1 amide bonds. The van der Waals surface area contributed by atoms with Crippen LogP contribution in [-0.4, -0.2) is 20.7 Å². The van der Waals surface area contributed by atoms with E-state index in [1.165, 1.54) is 12.1 Å². The van der Waals surface area contributed by atoms with E-state index < -0.39 is 0 Å². The summed E-state index contributed by atoms with van der Waals surface area (Å²) in [4.78, 5) is 16.6. The molecule has 5 nitrogen and oxygen atoms in total. The summed E-state index contributed by atoms with van der Waals surface area (Å²) in [5, 5.41) is 7.74. The minimum Gasteiger partial charge on any atom is -0.349 e. The molecule has 1 N–H and O–H groups in total. The van der Waals surface area contributed by atoms with Gasteiger partial charge in [0.15, 0.2) is 5.82 Å². The van der Waals surface area contributed by atoms with Crippen LogP contribution < -0.4 is 5.32 Å². The van der Waals surface area contributed by atoms with E-state index in [9.17, 15) is 4.79 Å². The Balaban J connectivity index is 1.59. The monoisotopic (exact) mass is 296 g/mol. The summed E-state index contributed by atoms with van der Waals surface area (Å²) in [6.45, 7) is 0. The zero-order valence-corrected chi connectivity index (χ0v) is 12.5. The molecule has 1 atom stereocenters. The molecule has 0 spiro atoms. The van der Waals surface area contributed by atoms with Crippen molar-refractivity contribution in [2.45, 2.75) is 44.6 Å². The van der Waals surface area contributed by atoms with Crippen molar-refractivity contribution in [1.82, 2.24) is 20.1 Å². The normalized spacial score (nSPS) is 21.0. The Morgan fingerprint density at radius 1 is 1.23 bits per heavy atom. The molecule has 0 unspecified atom stereocenters. The van der Waals surface area contributed by atoms with Crippen LogP contribution in [0, 0.1) is 5.92 Å². The van der Waals surface area contributed by atoms with Crippen LogP contribution in [0.1, 0.15) is 49.4 Å². The van der Waals surface area contributed by atoms with Gasteiger partial charge in [-0.25, -0.2) is 9.67 Å². The van der Waals surface area contributed by atoms with E-state index in [4.69, 9.17) is 0 Å². The second-order valence-electron chi connectivity index (χ2n) is 6.23.